The predicted octanol–water partition coefficient (Wildman–Crippen LogP) is 1.78. The molecule has 3 heteroatoms. The number of ether oxygens (including phenoxy) is 1. The smallest absolute Gasteiger partial charge is 0.0624 e. The van der Waals surface area contributed by atoms with Crippen LogP contribution in [0, 0.1) is 0 Å². The number of hydrogen-bond acceptors (Lipinski definition) is 2. The standard InChI is InChI=1S/C10H12ClNO/c11-8-3-1-7(2-4-8)9-5-13-6-10(9)12/h1-4,9-10H,5-6,12H2/t9-,10-/m1/s1. The zero-order chi connectivity index (χ0) is 9.26. The van der Waals surface area contributed by atoms with Crippen molar-refractivity contribution in [1.82, 2.24) is 0 Å². The molecule has 0 spiro atoms. The molecule has 0 amide bonds. The van der Waals surface area contributed by atoms with Gasteiger partial charge in [0.1, 0.15) is 0 Å². The van der Waals surface area contributed by atoms with Crippen LogP contribution in [-0.2, 0) is 4.74 Å². The quantitative estimate of drug-likeness (QED) is 0.745. The molecular formula is C10H12ClNO. The lowest BCUT2D eigenvalue weighted by Gasteiger charge is -2.12. The predicted molar refractivity (Wildman–Crippen MR) is 53.0 cm³/mol. The van der Waals surface area contributed by atoms with Crippen LogP contribution in [0.3, 0.4) is 0 Å². The van der Waals surface area contributed by atoms with E-state index in [-0.39, 0.29) is 6.04 Å². The van der Waals surface area contributed by atoms with Crippen LogP contribution in [0.1, 0.15) is 11.5 Å². The Morgan fingerprint density at radius 2 is 1.92 bits per heavy atom. The van der Waals surface area contributed by atoms with Crippen molar-refractivity contribution < 1.29 is 4.74 Å². The fourth-order valence-electron chi connectivity index (χ4n) is 1.62. The summed E-state index contributed by atoms with van der Waals surface area (Å²) in [6, 6.07) is 7.94. The Morgan fingerprint density at radius 3 is 2.46 bits per heavy atom. The molecule has 0 saturated carbocycles. The fourth-order valence-corrected chi connectivity index (χ4v) is 1.75. The summed E-state index contributed by atoms with van der Waals surface area (Å²) in [5.41, 5.74) is 7.11. The minimum atomic E-state index is 0.126. The molecule has 1 aromatic carbocycles. The minimum absolute atomic E-state index is 0.126. The third-order valence-corrected chi connectivity index (χ3v) is 2.67. The van der Waals surface area contributed by atoms with E-state index in [4.69, 9.17) is 22.1 Å². The third-order valence-electron chi connectivity index (χ3n) is 2.42. The van der Waals surface area contributed by atoms with Crippen molar-refractivity contribution in [2.75, 3.05) is 13.2 Å². The average Bonchev–Trinajstić information content (AvgIpc) is 2.53. The molecular weight excluding hydrogens is 186 g/mol. The van der Waals surface area contributed by atoms with Crippen molar-refractivity contribution in [3.05, 3.63) is 34.9 Å². The van der Waals surface area contributed by atoms with Gasteiger partial charge in [0.2, 0.25) is 0 Å². The van der Waals surface area contributed by atoms with E-state index in [1.807, 2.05) is 24.3 Å². The summed E-state index contributed by atoms with van der Waals surface area (Å²) >= 11 is 5.79. The Balaban J connectivity index is 2.20. The van der Waals surface area contributed by atoms with Crippen LogP contribution in [0.15, 0.2) is 24.3 Å². The molecule has 1 aromatic rings. The summed E-state index contributed by atoms with van der Waals surface area (Å²) in [5, 5.41) is 0.760. The maximum absolute atomic E-state index is 5.89. The highest BCUT2D eigenvalue weighted by Gasteiger charge is 2.25. The van der Waals surface area contributed by atoms with Gasteiger partial charge in [0.25, 0.3) is 0 Å². The van der Waals surface area contributed by atoms with Gasteiger partial charge in [0.05, 0.1) is 13.2 Å². The Labute approximate surface area is 82.6 Å². The Bertz CT molecular complexity index is 285. The van der Waals surface area contributed by atoms with Crippen LogP contribution in [0.4, 0.5) is 0 Å². The van der Waals surface area contributed by atoms with Crippen LogP contribution in [0.5, 0.6) is 0 Å². The summed E-state index contributed by atoms with van der Waals surface area (Å²) < 4.78 is 5.30. The van der Waals surface area contributed by atoms with Crippen LogP contribution in [0.2, 0.25) is 5.02 Å². The summed E-state index contributed by atoms with van der Waals surface area (Å²) in [6.45, 7) is 1.39. The molecule has 1 fully saturated rings. The summed E-state index contributed by atoms with van der Waals surface area (Å²) in [7, 11) is 0. The van der Waals surface area contributed by atoms with Gasteiger partial charge >= 0.3 is 0 Å². The summed E-state index contributed by atoms with van der Waals surface area (Å²) in [4.78, 5) is 0. The van der Waals surface area contributed by atoms with Crippen molar-refractivity contribution in [2.24, 2.45) is 5.73 Å². The van der Waals surface area contributed by atoms with Crippen molar-refractivity contribution in [1.29, 1.82) is 0 Å². The van der Waals surface area contributed by atoms with Gasteiger partial charge in [0, 0.05) is 17.0 Å². The second-order valence-corrected chi connectivity index (χ2v) is 3.80. The molecule has 1 aliphatic heterocycles. The monoisotopic (exact) mass is 197 g/mol. The highest BCUT2D eigenvalue weighted by Crippen LogP contribution is 2.25. The molecule has 0 radical (unpaired) electrons. The maximum atomic E-state index is 5.89. The number of rotatable bonds is 1. The van der Waals surface area contributed by atoms with Gasteiger partial charge in [-0.2, -0.15) is 0 Å². The molecule has 2 nitrogen and oxygen atoms in total. The SMILES string of the molecule is N[C@@H]1COC[C@@H]1c1ccc(Cl)cc1. The summed E-state index contributed by atoms with van der Waals surface area (Å²) in [5.74, 6) is 0.331. The molecule has 0 aromatic heterocycles. The van der Waals surface area contributed by atoms with Gasteiger partial charge in [-0.25, -0.2) is 0 Å². The van der Waals surface area contributed by atoms with Gasteiger partial charge in [-0.1, -0.05) is 23.7 Å². The highest BCUT2D eigenvalue weighted by atomic mass is 35.5. The van der Waals surface area contributed by atoms with Crippen LogP contribution >= 0.6 is 11.6 Å². The largest absolute Gasteiger partial charge is 0.379 e. The number of halogens is 1. The minimum Gasteiger partial charge on any atom is -0.379 e. The summed E-state index contributed by atoms with van der Waals surface area (Å²) in [6.07, 6.45) is 0. The van der Waals surface area contributed by atoms with Gasteiger partial charge in [-0.05, 0) is 17.7 Å². The molecule has 13 heavy (non-hydrogen) atoms. The Kier molecular flexibility index (Phi) is 2.54. The van der Waals surface area contributed by atoms with Crippen molar-refractivity contribution >= 4 is 11.6 Å². The van der Waals surface area contributed by atoms with Crippen LogP contribution in [0.25, 0.3) is 0 Å². The van der Waals surface area contributed by atoms with E-state index in [1.54, 1.807) is 0 Å². The second kappa shape index (κ2) is 3.66. The first-order chi connectivity index (χ1) is 6.27. The zero-order valence-electron chi connectivity index (χ0n) is 7.24. The van der Waals surface area contributed by atoms with Gasteiger partial charge < -0.3 is 10.5 Å². The lowest BCUT2D eigenvalue weighted by molar-refractivity contribution is 0.191. The van der Waals surface area contributed by atoms with Crippen molar-refractivity contribution in [3.63, 3.8) is 0 Å². The molecule has 0 unspecified atom stereocenters. The Hall–Kier alpha value is -0.570. The van der Waals surface area contributed by atoms with Gasteiger partial charge in [-0.15, -0.1) is 0 Å². The molecule has 1 aliphatic rings. The van der Waals surface area contributed by atoms with E-state index in [2.05, 4.69) is 0 Å². The third kappa shape index (κ3) is 1.85. The van der Waals surface area contributed by atoms with E-state index < -0.39 is 0 Å². The zero-order valence-corrected chi connectivity index (χ0v) is 8.00. The van der Waals surface area contributed by atoms with E-state index in [9.17, 15) is 0 Å². The lowest BCUT2D eigenvalue weighted by Crippen LogP contribution is -2.26. The second-order valence-electron chi connectivity index (χ2n) is 3.36. The van der Waals surface area contributed by atoms with E-state index in [0.717, 1.165) is 11.6 Å². The molecule has 2 atom stereocenters. The van der Waals surface area contributed by atoms with Crippen LogP contribution in [-0.4, -0.2) is 19.3 Å². The molecule has 1 heterocycles. The first-order valence-corrected chi connectivity index (χ1v) is 4.74. The van der Waals surface area contributed by atoms with E-state index >= 15 is 0 Å². The first-order valence-electron chi connectivity index (χ1n) is 4.36. The normalized spacial score (nSPS) is 27.8. The number of benzene rings is 1. The molecule has 0 bridgehead atoms. The van der Waals surface area contributed by atoms with Gasteiger partial charge in [0.15, 0.2) is 0 Å². The topological polar surface area (TPSA) is 35.2 Å². The van der Waals surface area contributed by atoms with E-state index in [1.165, 1.54) is 5.56 Å². The molecule has 1 saturated heterocycles. The number of nitrogens with two attached hydrogens (primary N) is 1. The van der Waals surface area contributed by atoms with Gasteiger partial charge in [-0.3, -0.25) is 0 Å². The van der Waals surface area contributed by atoms with Crippen LogP contribution < -0.4 is 5.73 Å². The molecule has 70 valence electrons. The van der Waals surface area contributed by atoms with E-state index in [0.29, 0.717) is 12.5 Å². The lowest BCUT2D eigenvalue weighted by atomic mass is 9.95. The van der Waals surface area contributed by atoms with Crippen molar-refractivity contribution in [3.8, 4) is 0 Å². The molecule has 2 rings (SSSR count). The maximum Gasteiger partial charge on any atom is 0.0624 e. The highest BCUT2D eigenvalue weighted by molar-refractivity contribution is 6.30. The average molecular weight is 198 g/mol. The first kappa shape index (κ1) is 9.00. The number of hydrogen-bond donors (Lipinski definition) is 1. The van der Waals surface area contributed by atoms with Crippen molar-refractivity contribution in [2.45, 2.75) is 12.0 Å². The fraction of sp³-hybridized carbons (Fsp3) is 0.400. The Morgan fingerprint density at radius 1 is 1.23 bits per heavy atom. The molecule has 0 aliphatic carbocycles. The molecule has 2 N–H and O–H groups in total.